The summed E-state index contributed by atoms with van der Waals surface area (Å²) in [6.45, 7) is 2.92. The van der Waals surface area contributed by atoms with Crippen molar-refractivity contribution < 1.29 is 24.2 Å². The van der Waals surface area contributed by atoms with Crippen molar-refractivity contribution in [3.05, 3.63) is 46.5 Å². The first-order valence-electron chi connectivity index (χ1n) is 8.12. The highest BCUT2D eigenvalue weighted by molar-refractivity contribution is 5.55. The van der Waals surface area contributed by atoms with Crippen LogP contribution >= 0.6 is 0 Å². The van der Waals surface area contributed by atoms with Gasteiger partial charge < -0.3 is 24.2 Å². The van der Waals surface area contributed by atoms with Gasteiger partial charge in [-0.05, 0) is 35.4 Å². The second-order valence-corrected chi connectivity index (χ2v) is 6.49. The van der Waals surface area contributed by atoms with Crippen LogP contribution in [0.2, 0.25) is 0 Å². The fourth-order valence-corrected chi connectivity index (χ4v) is 4.10. The van der Waals surface area contributed by atoms with E-state index in [1.54, 1.807) is 21.3 Å². The molecule has 0 radical (unpaired) electrons. The van der Waals surface area contributed by atoms with Gasteiger partial charge in [-0.1, -0.05) is 0 Å². The van der Waals surface area contributed by atoms with Gasteiger partial charge in [-0.15, -0.1) is 0 Å². The van der Waals surface area contributed by atoms with Crippen molar-refractivity contribution in [3.63, 3.8) is 0 Å². The first-order valence-corrected chi connectivity index (χ1v) is 8.12. The van der Waals surface area contributed by atoms with Gasteiger partial charge in [-0.3, -0.25) is 0 Å². The van der Waals surface area contributed by atoms with Crippen LogP contribution in [0.5, 0.6) is 23.0 Å². The molecule has 5 heteroatoms. The van der Waals surface area contributed by atoms with Crippen LogP contribution in [0.25, 0.3) is 0 Å². The minimum atomic E-state index is 0.212. The standard InChI is InChI=1S/C19H21NO4/c1-22-17-6-13-11(4-16(17)21)8-20-9-12-5-18(23-2)19(24-3)7-14(12)15(13)10-20/h4-7,15,21H,8-10H2,1-3H3/p+1/t15-/m0/s1. The summed E-state index contributed by atoms with van der Waals surface area (Å²) in [5.41, 5.74) is 5.02. The summed E-state index contributed by atoms with van der Waals surface area (Å²) in [6, 6.07) is 8.04. The molecule has 2 N–H and O–H groups in total. The Bertz CT molecular complexity index is 802. The largest absolute Gasteiger partial charge is 0.504 e. The molecule has 1 unspecified atom stereocenters. The highest BCUT2D eigenvalue weighted by Gasteiger charge is 2.37. The van der Waals surface area contributed by atoms with Gasteiger partial charge in [-0.25, -0.2) is 0 Å². The molecule has 0 spiro atoms. The van der Waals surface area contributed by atoms with Crippen molar-refractivity contribution >= 4 is 0 Å². The monoisotopic (exact) mass is 328 g/mol. The molecule has 2 aromatic carbocycles. The Hall–Kier alpha value is -2.40. The second-order valence-electron chi connectivity index (χ2n) is 6.49. The van der Waals surface area contributed by atoms with E-state index in [-0.39, 0.29) is 11.7 Å². The third-order valence-corrected chi connectivity index (χ3v) is 5.21. The Morgan fingerprint density at radius 2 is 1.38 bits per heavy atom. The number of methoxy groups -OCH3 is 3. The van der Waals surface area contributed by atoms with Crippen LogP contribution in [0, 0.1) is 0 Å². The summed E-state index contributed by atoms with van der Waals surface area (Å²) < 4.78 is 16.3. The van der Waals surface area contributed by atoms with E-state index >= 15 is 0 Å². The van der Waals surface area contributed by atoms with E-state index < -0.39 is 0 Å². The van der Waals surface area contributed by atoms with Crippen molar-refractivity contribution in [3.8, 4) is 23.0 Å². The predicted octanol–water partition coefficient (Wildman–Crippen LogP) is 1.46. The topological polar surface area (TPSA) is 52.4 Å². The van der Waals surface area contributed by atoms with Gasteiger partial charge in [0.1, 0.15) is 13.1 Å². The van der Waals surface area contributed by atoms with Gasteiger partial charge in [-0.2, -0.15) is 0 Å². The van der Waals surface area contributed by atoms with Crippen LogP contribution in [0.4, 0.5) is 0 Å². The Balaban J connectivity index is 1.88. The van der Waals surface area contributed by atoms with Gasteiger partial charge in [0.2, 0.25) is 0 Å². The van der Waals surface area contributed by atoms with E-state index in [1.807, 2.05) is 12.1 Å². The number of hydrogen-bond donors (Lipinski definition) is 2. The fraction of sp³-hybridized carbons (Fsp3) is 0.368. The number of phenolic OH excluding ortho intramolecular Hbond substituents is 1. The summed E-state index contributed by atoms with van der Waals surface area (Å²) in [4.78, 5) is 1.50. The first-order chi connectivity index (χ1) is 11.6. The summed E-state index contributed by atoms with van der Waals surface area (Å²) >= 11 is 0. The molecule has 0 aromatic heterocycles. The Morgan fingerprint density at radius 3 is 2.00 bits per heavy atom. The normalized spacial score (nSPS) is 20.8. The zero-order valence-corrected chi connectivity index (χ0v) is 14.2. The van der Waals surface area contributed by atoms with E-state index in [0.29, 0.717) is 5.75 Å². The number of benzene rings is 2. The molecule has 2 bridgehead atoms. The molecular formula is C19H22NO4+. The minimum absolute atomic E-state index is 0.212. The quantitative estimate of drug-likeness (QED) is 0.896. The van der Waals surface area contributed by atoms with Crippen molar-refractivity contribution in [1.29, 1.82) is 0 Å². The van der Waals surface area contributed by atoms with Gasteiger partial charge >= 0.3 is 0 Å². The zero-order chi connectivity index (χ0) is 16.8. The molecule has 2 heterocycles. The lowest BCUT2D eigenvalue weighted by Crippen LogP contribution is -3.11. The number of quaternary nitrogens is 1. The minimum Gasteiger partial charge on any atom is -0.504 e. The van der Waals surface area contributed by atoms with Gasteiger partial charge in [0.25, 0.3) is 0 Å². The zero-order valence-electron chi connectivity index (χ0n) is 14.2. The van der Waals surface area contributed by atoms with Gasteiger partial charge in [0.15, 0.2) is 23.0 Å². The van der Waals surface area contributed by atoms with Crippen LogP contribution in [-0.2, 0) is 13.1 Å². The molecule has 24 heavy (non-hydrogen) atoms. The molecule has 0 saturated carbocycles. The molecular weight excluding hydrogens is 306 g/mol. The lowest BCUT2D eigenvalue weighted by Gasteiger charge is -2.38. The molecule has 4 rings (SSSR count). The second kappa shape index (κ2) is 5.60. The fourth-order valence-electron chi connectivity index (χ4n) is 4.10. The summed E-state index contributed by atoms with van der Waals surface area (Å²) in [6.07, 6.45) is 0. The third-order valence-electron chi connectivity index (χ3n) is 5.21. The van der Waals surface area contributed by atoms with Crippen LogP contribution in [-0.4, -0.2) is 33.0 Å². The lowest BCUT2D eigenvalue weighted by atomic mass is 9.79. The maximum atomic E-state index is 10.1. The van der Waals surface area contributed by atoms with Crippen molar-refractivity contribution in [2.45, 2.75) is 19.0 Å². The molecule has 0 saturated heterocycles. The molecule has 126 valence electrons. The first kappa shape index (κ1) is 15.1. The van der Waals surface area contributed by atoms with E-state index in [1.165, 1.54) is 27.2 Å². The predicted molar refractivity (Wildman–Crippen MR) is 89.3 cm³/mol. The van der Waals surface area contributed by atoms with Crippen molar-refractivity contribution in [1.82, 2.24) is 0 Å². The summed E-state index contributed by atoms with van der Waals surface area (Å²) in [5, 5.41) is 10.1. The van der Waals surface area contributed by atoms with Crippen LogP contribution in [0.3, 0.4) is 0 Å². The maximum absolute atomic E-state index is 10.1. The smallest absolute Gasteiger partial charge is 0.161 e. The average molecular weight is 328 g/mol. The Morgan fingerprint density at radius 1 is 0.833 bits per heavy atom. The molecule has 0 aliphatic carbocycles. The SMILES string of the molecule is COc1cc2c(cc1O)C[NH+]1Cc3cc(OC)c(OC)cc3[C@H]2C1. The number of fused-ring (bicyclic) bond motifs is 6. The molecule has 2 aromatic rings. The number of ether oxygens (including phenoxy) is 3. The third kappa shape index (κ3) is 2.19. The molecule has 2 atom stereocenters. The van der Waals surface area contributed by atoms with E-state index in [4.69, 9.17) is 14.2 Å². The molecule has 0 fully saturated rings. The maximum Gasteiger partial charge on any atom is 0.161 e. The number of hydrogen-bond acceptors (Lipinski definition) is 4. The van der Waals surface area contributed by atoms with E-state index in [2.05, 4.69) is 12.1 Å². The number of aromatic hydroxyl groups is 1. The van der Waals surface area contributed by atoms with Crippen LogP contribution in [0.1, 0.15) is 28.2 Å². The average Bonchev–Trinajstić information content (AvgIpc) is 2.60. The Labute approximate surface area is 141 Å². The van der Waals surface area contributed by atoms with Crippen LogP contribution in [0.15, 0.2) is 24.3 Å². The highest BCUT2D eigenvalue weighted by Crippen LogP contribution is 2.42. The van der Waals surface area contributed by atoms with Crippen LogP contribution < -0.4 is 19.1 Å². The highest BCUT2D eigenvalue weighted by atomic mass is 16.5. The van der Waals surface area contributed by atoms with E-state index in [0.717, 1.165) is 31.1 Å². The number of phenols is 1. The van der Waals surface area contributed by atoms with Crippen molar-refractivity contribution in [2.24, 2.45) is 0 Å². The molecule has 5 nitrogen and oxygen atoms in total. The lowest BCUT2D eigenvalue weighted by molar-refractivity contribution is -0.933. The number of nitrogens with one attached hydrogen (secondary N) is 1. The van der Waals surface area contributed by atoms with E-state index in [9.17, 15) is 5.11 Å². The molecule has 2 aliphatic heterocycles. The Kier molecular flexibility index (Phi) is 3.53. The summed E-state index contributed by atoms with van der Waals surface area (Å²) in [5.74, 6) is 2.56. The molecule has 0 amide bonds. The van der Waals surface area contributed by atoms with Gasteiger partial charge in [0, 0.05) is 11.1 Å². The summed E-state index contributed by atoms with van der Waals surface area (Å²) in [7, 11) is 4.93. The molecule has 2 aliphatic rings. The number of rotatable bonds is 3. The van der Waals surface area contributed by atoms with Gasteiger partial charge in [0.05, 0.1) is 33.8 Å². The van der Waals surface area contributed by atoms with Crippen molar-refractivity contribution in [2.75, 3.05) is 27.9 Å².